The topological polar surface area (TPSA) is 99.9 Å². The van der Waals surface area contributed by atoms with Gasteiger partial charge in [0.25, 0.3) is 5.91 Å². The first-order valence-electron chi connectivity index (χ1n) is 7.48. The van der Waals surface area contributed by atoms with E-state index < -0.39 is 18.0 Å². The second-order valence-electron chi connectivity index (χ2n) is 5.34. The molecule has 0 spiro atoms. The summed E-state index contributed by atoms with van der Waals surface area (Å²) in [4.78, 5) is 24.3. The lowest BCUT2D eigenvalue weighted by Gasteiger charge is -2.20. The summed E-state index contributed by atoms with van der Waals surface area (Å²) < 4.78 is 20.8. The number of aryl methyl sites for hydroxylation is 1. The monoisotopic (exact) mass is 366 g/mol. The number of benzene rings is 1. The molecule has 1 aliphatic rings. The van der Waals surface area contributed by atoms with Crippen molar-refractivity contribution in [2.75, 3.05) is 18.5 Å². The number of amides is 1. The predicted molar refractivity (Wildman–Crippen MR) is 87.2 cm³/mol. The van der Waals surface area contributed by atoms with Crippen LogP contribution < -0.4 is 14.8 Å². The molecule has 8 nitrogen and oxygen atoms in total. The predicted octanol–water partition coefficient (Wildman–Crippen LogP) is 2.59. The quantitative estimate of drug-likeness (QED) is 0.830. The molecule has 1 aromatic heterocycles. The van der Waals surface area contributed by atoms with E-state index in [0.717, 1.165) is 0 Å². The number of nitrogens with zero attached hydrogens (tertiary/aromatic N) is 1. The highest BCUT2D eigenvalue weighted by atomic mass is 35.5. The molecule has 0 bridgehead atoms. The highest BCUT2D eigenvalue weighted by Gasteiger charge is 2.23. The van der Waals surface area contributed by atoms with Gasteiger partial charge in [0, 0.05) is 6.07 Å². The molecule has 9 heteroatoms. The second-order valence-corrected chi connectivity index (χ2v) is 5.75. The summed E-state index contributed by atoms with van der Waals surface area (Å²) in [5, 5.41) is 6.36. The van der Waals surface area contributed by atoms with Gasteiger partial charge < -0.3 is 24.1 Å². The minimum Gasteiger partial charge on any atom is -0.486 e. The molecule has 0 fully saturated rings. The van der Waals surface area contributed by atoms with Crippen LogP contribution in [0.5, 0.6) is 11.5 Å². The van der Waals surface area contributed by atoms with Gasteiger partial charge >= 0.3 is 5.97 Å². The van der Waals surface area contributed by atoms with Crippen molar-refractivity contribution < 1.29 is 28.3 Å². The average molecular weight is 367 g/mol. The Bertz CT molecular complexity index is 819. The van der Waals surface area contributed by atoms with Crippen molar-refractivity contribution in [1.29, 1.82) is 0 Å². The largest absolute Gasteiger partial charge is 0.486 e. The summed E-state index contributed by atoms with van der Waals surface area (Å²) in [6.45, 7) is 3.88. The number of aromatic nitrogens is 1. The van der Waals surface area contributed by atoms with Gasteiger partial charge in [0.1, 0.15) is 19.0 Å². The van der Waals surface area contributed by atoms with Crippen LogP contribution in [0.25, 0.3) is 0 Å². The highest BCUT2D eigenvalue weighted by Crippen LogP contribution is 2.38. The minimum atomic E-state index is -1.04. The SMILES string of the molecule is Cc1cc(NC(=O)[C@H](C)OC(=O)c2cc(Cl)c3c(c2)OCCO3)no1. The Labute approximate surface area is 148 Å². The lowest BCUT2D eigenvalue weighted by atomic mass is 10.2. The molecule has 1 atom stereocenters. The number of hydrogen-bond donors (Lipinski definition) is 1. The van der Waals surface area contributed by atoms with Crippen molar-refractivity contribution >= 4 is 29.3 Å². The lowest BCUT2D eigenvalue weighted by molar-refractivity contribution is -0.123. The molecule has 0 saturated heterocycles. The van der Waals surface area contributed by atoms with Crippen LogP contribution in [0, 0.1) is 6.92 Å². The molecular formula is C16H15ClN2O6. The van der Waals surface area contributed by atoms with Gasteiger partial charge in [0.05, 0.1) is 10.6 Å². The zero-order valence-electron chi connectivity index (χ0n) is 13.5. The first kappa shape index (κ1) is 17.1. The smallest absolute Gasteiger partial charge is 0.339 e. The summed E-state index contributed by atoms with van der Waals surface area (Å²) in [5.74, 6) is 0.291. The number of fused-ring (bicyclic) bond motifs is 1. The Morgan fingerprint density at radius 3 is 2.76 bits per heavy atom. The van der Waals surface area contributed by atoms with Gasteiger partial charge in [0.2, 0.25) is 0 Å². The van der Waals surface area contributed by atoms with Crippen LogP contribution in [0.4, 0.5) is 5.82 Å². The molecule has 1 amide bonds. The molecule has 0 radical (unpaired) electrons. The molecule has 1 N–H and O–H groups in total. The Morgan fingerprint density at radius 1 is 1.28 bits per heavy atom. The van der Waals surface area contributed by atoms with Crippen LogP contribution in [0.3, 0.4) is 0 Å². The van der Waals surface area contributed by atoms with Gasteiger partial charge in [0.15, 0.2) is 23.4 Å². The number of halogens is 1. The number of nitrogens with one attached hydrogen (secondary N) is 1. The minimum absolute atomic E-state index is 0.159. The van der Waals surface area contributed by atoms with Crippen LogP contribution in [-0.4, -0.2) is 36.4 Å². The van der Waals surface area contributed by atoms with Crippen molar-refractivity contribution in [3.63, 3.8) is 0 Å². The van der Waals surface area contributed by atoms with Gasteiger partial charge in [-0.25, -0.2) is 4.79 Å². The number of rotatable bonds is 4. The third kappa shape index (κ3) is 3.85. The number of hydrogen-bond acceptors (Lipinski definition) is 7. The fourth-order valence-electron chi connectivity index (χ4n) is 2.16. The fourth-order valence-corrected chi connectivity index (χ4v) is 2.43. The van der Waals surface area contributed by atoms with Crippen molar-refractivity contribution in [2.24, 2.45) is 0 Å². The molecule has 25 heavy (non-hydrogen) atoms. The van der Waals surface area contributed by atoms with Gasteiger partial charge in [-0.15, -0.1) is 0 Å². The van der Waals surface area contributed by atoms with E-state index in [1.165, 1.54) is 19.1 Å². The standard InChI is InChI=1S/C16H15ClN2O6/c1-8-5-13(19-25-8)18-15(20)9(2)24-16(21)10-6-11(17)14-12(7-10)22-3-4-23-14/h5-7,9H,3-4H2,1-2H3,(H,18,19,20)/t9-/m0/s1. The van der Waals surface area contributed by atoms with Gasteiger partial charge in [-0.2, -0.15) is 0 Å². The average Bonchev–Trinajstić information content (AvgIpc) is 2.99. The third-order valence-electron chi connectivity index (χ3n) is 3.36. The van der Waals surface area contributed by atoms with Crippen LogP contribution in [-0.2, 0) is 9.53 Å². The van der Waals surface area contributed by atoms with E-state index in [9.17, 15) is 9.59 Å². The maximum absolute atomic E-state index is 12.3. The zero-order valence-corrected chi connectivity index (χ0v) is 14.3. The molecule has 1 aliphatic heterocycles. The summed E-state index contributed by atoms with van der Waals surface area (Å²) in [6, 6.07) is 4.42. The molecular weight excluding hydrogens is 352 g/mol. The third-order valence-corrected chi connectivity index (χ3v) is 3.65. The molecule has 1 aromatic carbocycles. The van der Waals surface area contributed by atoms with E-state index in [1.54, 1.807) is 13.0 Å². The molecule has 0 aliphatic carbocycles. The van der Waals surface area contributed by atoms with Crippen molar-refractivity contribution in [1.82, 2.24) is 5.16 Å². The highest BCUT2D eigenvalue weighted by molar-refractivity contribution is 6.32. The molecule has 0 saturated carbocycles. The Balaban J connectivity index is 1.67. The van der Waals surface area contributed by atoms with E-state index in [0.29, 0.717) is 30.5 Å². The van der Waals surface area contributed by atoms with E-state index >= 15 is 0 Å². The fraction of sp³-hybridized carbons (Fsp3) is 0.312. The van der Waals surface area contributed by atoms with Crippen LogP contribution >= 0.6 is 11.6 Å². The van der Waals surface area contributed by atoms with E-state index in [1.807, 2.05) is 0 Å². The van der Waals surface area contributed by atoms with E-state index in [-0.39, 0.29) is 16.4 Å². The van der Waals surface area contributed by atoms with Crippen LogP contribution in [0.1, 0.15) is 23.0 Å². The maximum Gasteiger partial charge on any atom is 0.339 e. The van der Waals surface area contributed by atoms with Crippen LogP contribution in [0.2, 0.25) is 5.02 Å². The van der Waals surface area contributed by atoms with E-state index in [4.69, 9.17) is 30.3 Å². The summed E-state index contributed by atoms with van der Waals surface area (Å²) in [6.07, 6.45) is -1.04. The van der Waals surface area contributed by atoms with Gasteiger partial charge in [-0.3, -0.25) is 4.79 Å². The molecule has 0 unspecified atom stereocenters. The zero-order chi connectivity index (χ0) is 18.0. The first-order valence-corrected chi connectivity index (χ1v) is 7.86. The first-order chi connectivity index (χ1) is 11.9. The summed E-state index contributed by atoms with van der Waals surface area (Å²) in [7, 11) is 0. The molecule has 3 rings (SSSR count). The maximum atomic E-state index is 12.3. The lowest BCUT2D eigenvalue weighted by Crippen LogP contribution is -2.30. The number of carbonyl (C=O) groups excluding carboxylic acids is 2. The number of esters is 1. The van der Waals surface area contributed by atoms with Crippen LogP contribution in [0.15, 0.2) is 22.7 Å². The van der Waals surface area contributed by atoms with Crippen molar-refractivity contribution in [3.05, 3.63) is 34.5 Å². The van der Waals surface area contributed by atoms with Gasteiger partial charge in [-0.1, -0.05) is 16.8 Å². The summed E-state index contributed by atoms with van der Waals surface area (Å²) >= 11 is 6.09. The van der Waals surface area contributed by atoms with Crippen molar-refractivity contribution in [2.45, 2.75) is 20.0 Å². The Morgan fingerprint density at radius 2 is 2.04 bits per heavy atom. The summed E-state index contributed by atoms with van der Waals surface area (Å²) in [5.41, 5.74) is 0.159. The van der Waals surface area contributed by atoms with Gasteiger partial charge in [-0.05, 0) is 26.0 Å². The van der Waals surface area contributed by atoms with E-state index in [2.05, 4.69) is 10.5 Å². The molecule has 2 aromatic rings. The number of anilines is 1. The number of ether oxygens (including phenoxy) is 3. The molecule has 2 heterocycles. The Hall–Kier alpha value is -2.74. The van der Waals surface area contributed by atoms with Crippen molar-refractivity contribution in [3.8, 4) is 11.5 Å². The molecule has 132 valence electrons. The number of carbonyl (C=O) groups is 2. The second kappa shape index (κ2) is 7.02. The normalized spacial score (nSPS) is 13.9. The Kier molecular flexibility index (Phi) is 4.80.